The van der Waals surface area contributed by atoms with Gasteiger partial charge in [-0.05, 0) is 11.6 Å². The van der Waals surface area contributed by atoms with Crippen LogP contribution in [-0.2, 0) is 11.2 Å². The zero-order chi connectivity index (χ0) is 8.97. The number of hydrazine groups is 1. The molecule has 0 aliphatic heterocycles. The second-order valence-corrected chi connectivity index (χ2v) is 2.74. The Hall–Kier alpha value is -1.06. The third-order valence-corrected chi connectivity index (χ3v) is 1.84. The first-order valence-electron chi connectivity index (χ1n) is 3.47. The molecule has 0 unspecified atom stereocenters. The van der Waals surface area contributed by atoms with Crippen molar-refractivity contribution in [1.82, 2.24) is 5.43 Å². The second-order valence-electron chi connectivity index (χ2n) is 2.34. The molecule has 0 saturated carbocycles. The number of nitrogens with two attached hydrogens (primary N) is 1. The van der Waals surface area contributed by atoms with Gasteiger partial charge in [0.25, 0.3) is 0 Å². The number of amides is 1. The highest BCUT2D eigenvalue weighted by molar-refractivity contribution is 6.31. The quantitative estimate of drug-likeness (QED) is 0.407. The monoisotopic (exact) mass is 184 g/mol. The first-order valence-corrected chi connectivity index (χ1v) is 3.84. The summed E-state index contributed by atoms with van der Waals surface area (Å²) < 4.78 is 0. The van der Waals surface area contributed by atoms with Crippen molar-refractivity contribution >= 4 is 17.5 Å². The SMILES string of the molecule is NNC(=O)Cc1ccccc1Cl. The van der Waals surface area contributed by atoms with E-state index in [4.69, 9.17) is 17.4 Å². The van der Waals surface area contributed by atoms with Crippen LogP contribution in [0.25, 0.3) is 0 Å². The van der Waals surface area contributed by atoms with Gasteiger partial charge in [-0.1, -0.05) is 29.8 Å². The lowest BCUT2D eigenvalue weighted by Crippen LogP contribution is -2.31. The van der Waals surface area contributed by atoms with Crippen molar-refractivity contribution in [3.05, 3.63) is 34.9 Å². The van der Waals surface area contributed by atoms with Crippen LogP contribution in [0.1, 0.15) is 5.56 Å². The van der Waals surface area contributed by atoms with E-state index in [1.165, 1.54) is 0 Å². The lowest BCUT2D eigenvalue weighted by atomic mass is 10.1. The first-order chi connectivity index (χ1) is 5.74. The number of hydrogen-bond donors (Lipinski definition) is 2. The smallest absolute Gasteiger partial charge is 0.238 e. The van der Waals surface area contributed by atoms with Gasteiger partial charge in [-0.2, -0.15) is 0 Å². The highest BCUT2D eigenvalue weighted by Crippen LogP contribution is 2.14. The van der Waals surface area contributed by atoms with Gasteiger partial charge in [0.1, 0.15) is 0 Å². The van der Waals surface area contributed by atoms with E-state index in [0.717, 1.165) is 5.56 Å². The van der Waals surface area contributed by atoms with Crippen molar-refractivity contribution in [3.63, 3.8) is 0 Å². The maximum atomic E-state index is 10.8. The maximum Gasteiger partial charge on any atom is 0.238 e. The topological polar surface area (TPSA) is 55.1 Å². The number of benzene rings is 1. The van der Waals surface area contributed by atoms with Gasteiger partial charge in [0, 0.05) is 5.02 Å². The first kappa shape index (κ1) is 9.03. The molecule has 3 N–H and O–H groups in total. The third-order valence-electron chi connectivity index (χ3n) is 1.47. The van der Waals surface area contributed by atoms with Gasteiger partial charge in [0.2, 0.25) is 5.91 Å². The molecule has 0 aromatic heterocycles. The van der Waals surface area contributed by atoms with Gasteiger partial charge in [-0.15, -0.1) is 0 Å². The van der Waals surface area contributed by atoms with Crippen LogP contribution in [0.3, 0.4) is 0 Å². The molecule has 0 atom stereocenters. The molecule has 12 heavy (non-hydrogen) atoms. The van der Waals surface area contributed by atoms with Crippen LogP contribution in [0.4, 0.5) is 0 Å². The summed E-state index contributed by atoms with van der Waals surface area (Å²) >= 11 is 5.80. The van der Waals surface area contributed by atoms with E-state index >= 15 is 0 Å². The highest BCUT2D eigenvalue weighted by atomic mass is 35.5. The van der Waals surface area contributed by atoms with E-state index in [-0.39, 0.29) is 12.3 Å². The number of hydrogen-bond acceptors (Lipinski definition) is 2. The van der Waals surface area contributed by atoms with Crippen LogP contribution < -0.4 is 11.3 Å². The molecule has 3 nitrogen and oxygen atoms in total. The number of carbonyl (C=O) groups excluding carboxylic acids is 1. The van der Waals surface area contributed by atoms with Crippen LogP contribution >= 0.6 is 11.6 Å². The fourth-order valence-electron chi connectivity index (χ4n) is 0.866. The molecule has 0 fully saturated rings. The molecule has 1 aromatic carbocycles. The summed E-state index contributed by atoms with van der Waals surface area (Å²) in [6.07, 6.45) is 0.218. The van der Waals surface area contributed by atoms with Gasteiger partial charge in [-0.3, -0.25) is 10.2 Å². The van der Waals surface area contributed by atoms with Crippen molar-refractivity contribution < 1.29 is 4.79 Å². The molecule has 1 aromatic rings. The molecular weight excluding hydrogens is 176 g/mol. The summed E-state index contributed by atoms with van der Waals surface area (Å²) in [4.78, 5) is 10.8. The molecule has 0 saturated heterocycles. The molecule has 64 valence electrons. The van der Waals surface area contributed by atoms with E-state index < -0.39 is 0 Å². The summed E-state index contributed by atoms with van der Waals surface area (Å²) in [6.45, 7) is 0. The van der Waals surface area contributed by atoms with Crippen LogP contribution in [-0.4, -0.2) is 5.91 Å². The van der Waals surface area contributed by atoms with E-state index in [0.29, 0.717) is 5.02 Å². The Balaban J connectivity index is 2.75. The Morgan fingerprint density at radius 1 is 1.50 bits per heavy atom. The fraction of sp³-hybridized carbons (Fsp3) is 0.125. The van der Waals surface area contributed by atoms with Crippen molar-refractivity contribution in [1.29, 1.82) is 0 Å². The molecule has 0 aliphatic rings. The minimum Gasteiger partial charge on any atom is -0.294 e. The summed E-state index contributed by atoms with van der Waals surface area (Å²) in [5.74, 6) is 4.68. The lowest BCUT2D eigenvalue weighted by molar-refractivity contribution is -0.120. The van der Waals surface area contributed by atoms with Gasteiger partial charge in [0.15, 0.2) is 0 Å². The summed E-state index contributed by atoms with van der Waals surface area (Å²) in [7, 11) is 0. The molecule has 0 spiro atoms. The van der Waals surface area contributed by atoms with Crippen molar-refractivity contribution in [2.24, 2.45) is 5.84 Å². The number of nitrogens with one attached hydrogen (secondary N) is 1. The minimum atomic E-state index is -0.247. The van der Waals surface area contributed by atoms with Crippen molar-refractivity contribution in [2.75, 3.05) is 0 Å². The Labute approximate surface area is 75.5 Å². The Bertz CT molecular complexity index is 288. The van der Waals surface area contributed by atoms with Gasteiger partial charge in [-0.25, -0.2) is 5.84 Å². The minimum absolute atomic E-state index is 0.218. The molecule has 0 heterocycles. The van der Waals surface area contributed by atoms with Gasteiger partial charge in [0.05, 0.1) is 6.42 Å². The Morgan fingerprint density at radius 2 is 2.17 bits per heavy atom. The zero-order valence-corrected chi connectivity index (χ0v) is 7.14. The molecule has 1 amide bonds. The van der Waals surface area contributed by atoms with Crippen LogP contribution in [0, 0.1) is 0 Å². The second kappa shape index (κ2) is 4.09. The van der Waals surface area contributed by atoms with E-state index in [1.807, 2.05) is 17.6 Å². The predicted octanol–water partition coefficient (Wildman–Crippen LogP) is 0.872. The standard InChI is InChI=1S/C8H9ClN2O/c9-7-4-2-1-3-6(7)5-8(12)11-10/h1-4H,5,10H2,(H,11,12). The van der Waals surface area contributed by atoms with Crippen LogP contribution in [0.15, 0.2) is 24.3 Å². The fourth-order valence-corrected chi connectivity index (χ4v) is 1.07. The highest BCUT2D eigenvalue weighted by Gasteiger charge is 2.03. The molecule has 1 rings (SSSR count). The average molecular weight is 185 g/mol. The largest absolute Gasteiger partial charge is 0.294 e. The summed E-state index contributed by atoms with van der Waals surface area (Å²) in [5.41, 5.74) is 2.82. The number of rotatable bonds is 2. The van der Waals surface area contributed by atoms with E-state index in [1.54, 1.807) is 12.1 Å². The summed E-state index contributed by atoms with van der Waals surface area (Å²) in [6, 6.07) is 7.16. The van der Waals surface area contributed by atoms with E-state index in [9.17, 15) is 4.79 Å². The number of halogens is 1. The molecule has 0 aliphatic carbocycles. The maximum absolute atomic E-state index is 10.8. The average Bonchev–Trinajstić information content (AvgIpc) is 2.09. The summed E-state index contributed by atoms with van der Waals surface area (Å²) in [5, 5.41) is 0.584. The normalized spacial score (nSPS) is 9.50. The molecule has 4 heteroatoms. The molecule has 0 radical (unpaired) electrons. The number of carbonyl (C=O) groups is 1. The van der Waals surface area contributed by atoms with Gasteiger partial charge < -0.3 is 0 Å². The lowest BCUT2D eigenvalue weighted by Gasteiger charge is -2.01. The Morgan fingerprint density at radius 3 is 2.75 bits per heavy atom. The molecule has 0 bridgehead atoms. The van der Waals surface area contributed by atoms with Crippen molar-refractivity contribution in [2.45, 2.75) is 6.42 Å². The van der Waals surface area contributed by atoms with Crippen LogP contribution in [0.2, 0.25) is 5.02 Å². The zero-order valence-electron chi connectivity index (χ0n) is 6.38. The van der Waals surface area contributed by atoms with E-state index in [2.05, 4.69) is 0 Å². The van der Waals surface area contributed by atoms with Crippen molar-refractivity contribution in [3.8, 4) is 0 Å². The molecular formula is C8H9ClN2O. The Kier molecular flexibility index (Phi) is 3.08. The van der Waals surface area contributed by atoms with Gasteiger partial charge >= 0.3 is 0 Å². The third kappa shape index (κ3) is 2.22. The predicted molar refractivity (Wildman–Crippen MR) is 47.5 cm³/mol. The van der Waals surface area contributed by atoms with Crippen LogP contribution in [0.5, 0.6) is 0 Å².